The summed E-state index contributed by atoms with van der Waals surface area (Å²) < 4.78 is 0. The van der Waals surface area contributed by atoms with Crippen LogP contribution in [0.25, 0.3) is 0 Å². The molecule has 0 unspecified atom stereocenters. The highest BCUT2D eigenvalue weighted by atomic mass is 32.1. The lowest BCUT2D eigenvalue weighted by Gasteiger charge is -1.86. The Balaban J connectivity index is 0.000000461. The maximum atomic E-state index is 4.83. The number of hydrogen-bond donors (Lipinski definition) is 1. The fourth-order valence-electron chi connectivity index (χ4n) is 0.633. The monoisotopic (exact) mass is 174 g/mol. The Morgan fingerprint density at radius 2 is 2.00 bits per heavy atom. The fraction of sp³-hybridized carbons (Fsp3) is 0.500. The number of hydrogen-bond acceptors (Lipinski definition) is 2. The van der Waals surface area contributed by atoms with Crippen LogP contribution in [0.3, 0.4) is 0 Å². The molecule has 0 aliphatic heterocycles. The maximum Gasteiger partial charge on any atom is 0.217 e. The van der Waals surface area contributed by atoms with Crippen LogP contribution < -0.4 is 5.48 Å². The third kappa shape index (κ3) is 4.14. The Bertz CT molecular complexity index is 186. The van der Waals surface area contributed by atoms with E-state index in [1.165, 1.54) is 9.88 Å². The molecule has 1 aromatic rings. The maximum absolute atomic E-state index is 4.83. The highest BCUT2D eigenvalue weighted by molar-refractivity contribution is 7.15. The van der Waals surface area contributed by atoms with E-state index in [0.717, 1.165) is 0 Å². The Labute approximate surface area is 72.2 Å². The number of thiophene rings is 1. The van der Waals surface area contributed by atoms with Crippen molar-refractivity contribution >= 4 is 16.3 Å². The largest absolute Gasteiger partial charge is 0.217 e. The first-order valence-electron chi connectivity index (χ1n) is 3.75. The van der Waals surface area contributed by atoms with E-state index in [1.54, 1.807) is 23.9 Å². The van der Waals surface area contributed by atoms with Gasteiger partial charge in [-0.05, 0) is 13.0 Å². The molecule has 0 spiro atoms. The topological polar surface area (TPSA) is 25.8 Å². The summed E-state index contributed by atoms with van der Waals surface area (Å²) >= 11 is 1.73. The SMILES string of the molecule is CC.CO[NH2+]c1ccc(C)s1. The van der Waals surface area contributed by atoms with Crippen molar-refractivity contribution in [3.05, 3.63) is 17.0 Å². The minimum Gasteiger partial charge on any atom is -0.204 e. The van der Waals surface area contributed by atoms with Crippen molar-refractivity contribution in [1.82, 2.24) is 0 Å². The van der Waals surface area contributed by atoms with Gasteiger partial charge in [0.25, 0.3) is 0 Å². The molecule has 1 aromatic heterocycles. The number of quaternary nitrogens is 1. The van der Waals surface area contributed by atoms with Gasteiger partial charge < -0.3 is 0 Å². The lowest BCUT2D eigenvalue weighted by molar-refractivity contribution is -0.827. The van der Waals surface area contributed by atoms with Gasteiger partial charge >= 0.3 is 0 Å². The summed E-state index contributed by atoms with van der Waals surface area (Å²) in [5.74, 6) is 0. The number of rotatable bonds is 2. The molecule has 2 N–H and O–H groups in total. The highest BCUT2D eigenvalue weighted by Crippen LogP contribution is 2.14. The molecule has 64 valence electrons. The smallest absolute Gasteiger partial charge is 0.204 e. The van der Waals surface area contributed by atoms with Gasteiger partial charge in [0.1, 0.15) is 0 Å². The minimum absolute atomic E-state index is 1.18. The van der Waals surface area contributed by atoms with Gasteiger partial charge in [-0.1, -0.05) is 25.2 Å². The van der Waals surface area contributed by atoms with E-state index in [4.69, 9.17) is 4.84 Å². The molecule has 2 nitrogen and oxygen atoms in total. The first-order valence-corrected chi connectivity index (χ1v) is 4.57. The van der Waals surface area contributed by atoms with Crippen LogP contribution in [0, 0.1) is 6.92 Å². The second-order valence-electron chi connectivity index (χ2n) is 1.80. The van der Waals surface area contributed by atoms with Crippen LogP contribution in [-0.4, -0.2) is 7.11 Å². The Morgan fingerprint density at radius 1 is 1.36 bits per heavy atom. The minimum atomic E-state index is 1.18. The fourth-order valence-corrected chi connectivity index (χ4v) is 1.42. The molecular formula is C8H16NOS+. The van der Waals surface area contributed by atoms with Crippen molar-refractivity contribution in [2.24, 2.45) is 0 Å². The first-order chi connectivity index (χ1) is 5.33. The van der Waals surface area contributed by atoms with Crippen LogP contribution >= 0.6 is 11.3 Å². The van der Waals surface area contributed by atoms with Crippen LogP contribution in [0.15, 0.2) is 12.1 Å². The summed E-state index contributed by atoms with van der Waals surface area (Å²) in [7, 11) is 1.66. The predicted molar refractivity (Wildman–Crippen MR) is 49.0 cm³/mol. The number of aryl methyl sites for hydroxylation is 1. The average molecular weight is 174 g/mol. The highest BCUT2D eigenvalue weighted by Gasteiger charge is 1.96. The van der Waals surface area contributed by atoms with E-state index in [1.807, 2.05) is 19.9 Å². The van der Waals surface area contributed by atoms with Crippen molar-refractivity contribution < 1.29 is 10.3 Å². The summed E-state index contributed by atoms with van der Waals surface area (Å²) in [5.41, 5.74) is 1.75. The van der Waals surface area contributed by atoms with Crippen LogP contribution in [0.1, 0.15) is 18.7 Å². The third-order valence-corrected chi connectivity index (χ3v) is 1.92. The molecule has 0 saturated carbocycles. The van der Waals surface area contributed by atoms with Gasteiger partial charge in [-0.3, -0.25) is 0 Å². The quantitative estimate of drug-likeness (QED) is 0.680. The van der Waals surface area contributed by atoms with Gasteiger partial charge in [0.05, 0.1) is 7.11 Å². The number of nitrogens with two attached hydrogens (primary N) is 1. The summed E-state index contributed by atoms with van der Waals surface area (Å²) in [6.07, 6.45) is 0. The summed E-state index contributed by atoms with van der Waals surface area (Å²) in [4.78, 5) is 6.14. The van der Waals surface area contributed by atoms with Gasteiger partial charge in [-0.25, -0.2) is 4.84 Å². The molecule has 0 bridgehead atoms. The van der Waals surface area contributed by atoms with Crippen molar-refractivity contribution in [2.75, 3.05) is 7.11 Å². The molecule has 3 heteroatoms. The summed E-state index contributed by atoms with van der Waals surface area (Å²) in [5, 5.41) is 1.18. The van der Waals surface area contributed by atoms with E-state index in [-0.39, 0.29) is 0 Å². The first kappa shape index (κ1) is 10.6. The van der Waals surface area contributed by atoms with E-state index in [0.29, 0.717) is 0 Å². The Hall–Kier alpha value is -0.380. The lowest BCUT2D eigenvalue weighted by Crippen LogP contribution is -2.75. The third-order valence-electron chi connectivity index (χ3n) is 0.995. The van der Waals surface area contributed by atoms with Crippen LogP contribution in [0.4, 0.5) is 5.00 Å². The van der Waals surface area contributed by atoms with Crippen molar-refractivity contribution in [1.29, 1.82) is 0 Å². The van der Waals surface area contributed by atoms with Gasteiger partial charge in [-0.2, -0.15) is 5.48 Å². The average Bonchev–Trinajstić information content (AvgIpc) is 2.41. The molecule has 0 amide bonds. The second-order valence-corrected chi connectivity index (χ2v) is 3.12. The van der Waals surface area contributed by atoms with Gasteiger partial charge in [-0.15, -0.1) is 0 Å². The molecule has 0 atom stereocenters. The van der Waals surface area contributed by atoms with E-state index < -0.39 is 0 Å². The zero-order valence-corrected chi connectivity index (χ0v) is 8.37. The second kappa shape index (κ2) is 6.34. The van der Waals surface area contributed by atoms with Crippen molar-refractivity contribution in [3.8, 4) is 0 Å². The molecule has 0 aliphatic rings. The van der Waals surface area contributed by atoms with E-state index in [9.17, 15) is 0 Å². The van der Waals surface area contributed by atoms with E-state index >= 15 is 0 Å². The molecule has 1 heterocycles. The van der Waals surface area contributed by atoms with Gasteiger partial charge in [0.2, 0.25) is 5.00 Å². The van der Waals surface area contributed by atoms with Gasteiger partial charge in [0, 0.05) is 10.9 Å². The van der Waals surface area contributed by atoms with Crippen LogP contribution in [0.2, 0.25) is 0 Å². The molecule has 0 fully saturated rings. The van der Waals surface area contributed by atoms with Crippen LogP contribution in [-0.2, 0) is 4.84 Å². The molecule has 0 radical (unpaired) electrons. The predicted octanol–water partition coefficient (Wildman–Crippen LogP) is 1.84. The van der Waals surface area contributed by atoms with Gasteiger partial charge in [0.15, 0.2) is 0 Å². The normalized spacial score (nSPS) is 8.73. The van der Waals surface area contributed by atoms with Crippen molar-refractivity contribution in [2.45, 2.75) is 20.8 Å². The van der Waals surface area contributed by atoms with E-state index in [2.05, 4.69) is 13.0 Å². The summed E-state index contributed by atoms with van der Waals surface area (Å²) in [6.45, 7) is 6.08. The Morgan fingerprint density at radius 3 is 2.36 bits per heavy atom. The Kier molecular flexibility index (Phi) is 6.12. The molecule has 0 aliphatic carbocycles. The standard InChI is InChI=1S/C6H9NOS.C2H6/c1-5-3-4-6(9-5)7-8-2;1-2/h3-4,7H,1-2H3;1-2H3/p+1. The van der Waals surface area contributed by atoms with Crippen LogP contribution in [0.5, 0.6) is 0 Å². The molecule has 0 aromatic carbocycles. The lowest BCUT2D eigenvalue weighted by atomic mass is 10.5. The molecule has 0 saturated heterocycles. The molecular weight excluding hydrogens is 158 g/mol. The zero-order valence-electron chi connectivity index (χ0n) is 7.55. The molecule has 1 rings (SSSR count). The molecule has 11 heavy (non-hydrogen) atoms. The van der Waals surface area contributed by atoms with Crippen molar-refractivity contribution in [3.63, 3.8) is 0 Å². The summed E-state index contributed by atoms with van der Waals surface area (Å²) in [6, 6.07) is 4.12. The zero-order chi connectivity index (χ0) is 8.69.